The van der Waals surface area contributed by atoms with Crippen LogP contribution in [0.2, 0.25) is 0 Å². The Morgan fingerprint density at radius 1 is 0.574 bits per heavy atom. The standard InChI is InChI=1S/C39H46O8/c1-27-31(17-11-19-35(27)44-21-29-13-7-5-8-14-29)23-42-25-33(40)37-38(47-39(3,4)46-37)34(41)26-43-24-32-18-12-20-36(28(32)2)45-22-30-15-9-6-10-16-30/h5-20,33-34,37-38,40-41H,21-26H2,1-4H3/t33-,34-,37-,38-/m1/s1. The number of hydrogen-bond donors (Lipinski definition) is 2. The first kappa shape index (κ1) is 34.6. The molecule has 0 aliphatic carbocycles. The molecule has 0 radical (unpaired) electrons. The highest BCUT2D eigenvalue weighted by Gasteiger charge is 2.48. The van der Waals surface area contributed by atoms with Crippen molar-refractivity contribution in [3.63, 3.8) is 0 Å². The minimum absolute atomic E-state index is 0.00229. The van der Waals surface area contributed by atoms with Gasteiger partial charge in [0.25, 0.3) is 0 Å². The molecule has 0 saturated carbocycles. The summed E-state index contributed by atoms with van der Waals surface area (Å²) in [6.45, 7) is 9.02. The molecule has 0 bridgehead atoms. The summed E-state index contributed by atoms with van der Waals surface area (Å²) in [6.07, 6.45) is -3.67. The van der Waals surface area contributed by atoms with Crippen molar-refractivity contribution < 1.29 is 38.6 Å². The van der Waals surface area contributed by atoms with Gasteiger partial charge in [0.15, 0.2) is 5.79 Å². The van der Waals surface area contributed by atoms with Crippen LogP contribution in [0.1, 0.15) is 47.2 Å². The van der Waals surface area contributed by atoms with Crippen LogP contribution in [0.15, 0.2) is 97.1 Å². The lowest BCUT2D eigenvalue weighted by Gasteiger charge is -2.26. The maximum atomic E-state index is 11.1. The van der Waals surface area contributed by atoms with Crippen LogP contribution in [0.4, 0.5) is 0 Å². The molecule has 8 heteroatoms. The van der Waals surface area contributed by atoms with E-state index in [4.69, 9.17) is 28.4 Å². The van der Waals surface area contributed by atoms with Gasteiger partial charge in [-0.1, -0.05) is 84.9 Å². The van der Waals surface area contributed by atoms with Crippen molar-refractivity contribution in [3.05, 3.63) is 130 Å². The highest BCUT2D eigenvalue weighted by Crippen LogP contribution is 2.33. The van der Waals surface area contributed by atoms with E-state index in [1.807, 2.05) is 111 Å². The maximum absolute atomic E-state index is 11.1. The van der Waals surface area contributed by atoms with E-state index in [1.165, 1.54) is 0 Å². The predicted molar refractivity (Wildman–Crippen MR) is 179 cm³/mol. The van der Waals surface area contributed by atoms with Crippen LogP contribution < -0.4 is 9.47 Å². The third-order valence-corrected chi connectivity index (χ3v) is 8.28. The summed E-state index contributed by atoms with van der Waals surface area (Å²) in [6, 6.07) is 31.7. The number of aliphatic hydroxyl groups excluding tert-OH is 2. The molecule has 8 nitrogen and oxygen atoms in total. The molecule has 1 fully saturated rings. The van der Waals surface area contributed by atoms with Gasteiger partial charge in [-0.25, -0.2) is 0 Å². The zero-order valence-electron chi connectivity index (χ0n) is 27.6. The van der Waals surface area contributed by atoms with Gasteiger partial charge in [0, 0.05) is 0 Å². The molecule has 1 aliphatic heterocycles. The predicted octanol–water partition coefficient (Wildman–Crippen LogP) is 6.44. The summed E-state index contributed by atoms with van der Waals surface area (Å²) in [5, 5.41) is 22.2. The van der Waals surface area contributed by atoms with Crippen LogP contribution >= 0.6 is 0 Å². The Hall–Kier alpha value is -3.76. The van der Waals surface area contributed by atoms with Crippen LogP contribution in [0.3, 0.4) is 0 Å². The molecular formula is C39H46O8. The molecule has 5 rings (SSSR count). The SMILES string of the molecule is Cc1c(COC[C@@H](O)[C@H]2OC(C)(C)O[C@@H]2[C@H](O)COCc2cccc(OCc3ccccc3)c2C)cccc1OCc1ccccc1. The normalized spacial score (nSPS) is 18.5. The van der Waals surface area contributed by atoms with Gasteiger partial charge in [-0.05, 0) is 73.2 Å². The highest BCUT2D eigenvalue weighted by atomic mass is 16.8. The smallest absolute Gasteiger partial charge is 0.164 e. The van der Waals surface area contributed by atoms with Crippen molar-refractivity contribution in [1.82, 2.24) is 0 Å². The van der Waals surface area contributed by atoms with Gasteiger partial charge in [0.1, 0.15) is 49.1 Å². The van der Waals surface area contributed by atoms with Gasteiger partial charge in [0.2, 0.25) is 0 Å². The average molecular weight is 643 g/mol. The first-order chi connectivity index (χ1) is 22.7. The van der Waals surface area contributed by atoms with Crippen LogP contribution in [-0.2, 0) is 45.4 Å². The number of benzene rings is 4. The average Bonchev–Trinajstić information content (AvgIpc) is 3.41. The number of rotatable bonds is 16. The molecule has 4 atom stereocenters. The molecule has 1 saturated heterocycles. The van der Waals surface area contributed by atoms with E-state index in [2.05, 4.69) is 0 Å². The molecule has 1 aliphatic rings. The van der Waals surface area contributed by atoms with E-state index >= 15 is 0 Å². The van der Waals surface area contributed by atoms with Crippen molar-refractivity contribution in [2.75, 3.05) is 13.2 Å². The molecule has 4 aromatic rings. The first-order valence-corrected chi connectivity index (χ1v) is 16.1. The summed E-state index contributed by atoms with van der Waals surface area (Å²) < 4.78 is 36.0. The van der Waals surface area contributed by atoms with Gasteiger partial charge in [-0.3, -0.25) is 0 Å². The van der Waals surface area contributed by atoms with Crippen LogP contribution in [0.25, 0.3) is 0 Å². The zero-order chi connectivity index (χ0) is 33.2. The molecule has 0 spiro atoms. The molecule has 2 N–H and O–H groups in total. The summed E-state index contributed by atoms with van der Waals surface area (Å²) in [7, 11) is 0. The molecule has 47 heavy (non-hydrogen) atoms. The van der Waals surface area contributed by atoms with Crippen molar-refractivity contribution in [3.8, 4) is 11.5 Å². The molecule has 0 unspecified atom stereocenters. The van der Waals surface area contributed by atoms with E-state index in [9.17, 15) is 10.2 Å². The monoisotopic (exact) mass is 642 g/mol. The van der Waals surface area contributed by atoms with Crippen LogP contribution in [-0.4, -0.2) is 53.6 Å². The fourth-order valence-electron chi connectivity index (χ4n) is 5.60. The summed E-state index contributed by atoms with van der Waals surface area (Å²) in [4.78, 5) is 0. The van der Waals surface area contributed by atoms with Gasteiger partial charge in [-0.15, -0.1) is 0 Å². The summed E-state index contributed by atoms with van der Waals surface area (Å²) in [5.41, 5.74) is 6.06. The van der Waals surface area contributed by atoms with Gasteiger partial charge in [-0.2, -0.15) is 0 Å². The van der Waals surface area contributed by atoms with Crippen molar-refractivity contribution >= 4 is 0 Å². The van der Waals surface area contributed by atoms with E-state index < -0.39 is 30.2 Å². The van der Waals surface area contributed by atoms with E-state index in [-0.39, 0.29) is 26.4 Å². The minimum atomic E-state index is -1.03. The Morgan fingerprint density at radius 2 is 0.979 bits per heavy atom. The van der Waals surface area contributed by atoms with Crippen LogP contribution in [0.5, 0.6) is 11.5 Å². The Morgan fingerprint density at radius 3 is 1.38 bits per heavy atom. The molecule has 250 valence electrons. The molecule has 4 aromatic carbocycles. The van der Waals surface area contributed by atoms with Gasteiger partial charge >= 0.3 is 0 Å². The number of ether oxygens (including phenoxy) is 6. The van der Waals surface area contributed by atoms with E-state index in [1.54, 1.807) is 13.8 Å². The second kappa shape index (κ2) is 16.4. The first-order valence-electron chi connectivity index (χ1n) is 16.1. The van der Waals surface area contributed by atoms with Crippen molar-refractivity contribution in [2.45, 2.75) is 84.3 Å². The summed E-state index contributed by atoms with van der Waals surface area (Å²) in [5.74, 6) is 0.587. The second-order valence-electron chi connectivity index (χ2n) is 12.4. The molecule has 0 amide bonds. The van der Waals surface area contributed by atoms with E-state index in [0.29, 0.717) is 13.2 Å². The Bertz CT molecular complexity index is 1430. The summed E-state index contributed by atoms with van der Waals surface area (Å²) >= 11 is 0. The Kier molecular flexibility index (Phi) is 12.0. The van der Waals surface area contributed by atoms with E-state index in [0.717, 1.165) is 44.9 Å². The van der Waals surface area contributed by atoms with Crippen LogP contribution in [0, 0.1) is 13.8 Å². The fraction of sp³-hybridized carbons (Fsp3) is 0.385. The number of hydrogen-bond acceptors (Lipinski definition) is 8. The Labute approximate surface area is 277 Å². The van der Waals surface area contributed by atoms with Crippen molar-refractivity contribution in [1.29, 1.82) is 0 Å². The van der Waals surface area contributed by atoms with Gasteiger partial charge < -0.3 is 38.6 Å². The third-order valence-electron chi connectivity index (χ3n) is 8.28. The number of aliphatic hydroxyl groups is 2. The lowest BCUT2D eigenvalue weighted by Crippen LogP contribution is -2.45. The highest BCUT2D eigenvalue weighted by molar-refractivity contribution is 5.40. The largest absolute Gasteiger partial charge is 0.489 e. The van der Waals surface area contributed by atoms with Crippen molar-refractivity contribution in [2.24, 2.45) is 0 Å². The fourth-order valence-corrected chi connectivity index (χ4v) is 5.60. The molecule has 0 aromatic heterocycles. The molecule has 1 heterocycles. The second-order valence-corrected chi connectivity index (χ2v) is 12.4. The maximum Gasteiger partial charge on any atom is 0.164 e. The Balaban J connectivity index is 1.11. The quantitative estimate of drug-likeness (QED) is 0.144. The molecular weight excluding hydrogens is 596 g/mol. The lowest BCUT2D eigenvalue weighted by atomic mass is 10.0. The third kappa shape index (κ3) is 9.64. The minimum Gasteiger partial charge on any atom is -0.489 e. The zero-order valence-corrected chi connectivity index (χ0v) is 27.6. The lowest BCUT2D eigenvalue weighted by molar-refractivity contribution is -0.165. The van der Waals surface area contributed by atoms with Gasteiger partial charge in [0.05, 0.1) is 26.4 Å². The topological polar surface area (TPSA) is 95.8 Å².